The first-order valence-electron chi connectivity index (χ1n) is 9.63. The summed E-state index contributed by atoms with van der Waals surface area (Å²) in [6.07, 6.45) is 4.69. The normalized spacial score (nSPS) is 29.2. The molecule has 1 aromatic rings. The van der Waals surface area contributed by atoms with E-state index >= 15 is 0 Å². The number of nitrogens with one attached hydrogen (secondary N) is 1. The smallest absolute Gasteiger partial charge is 0.251 e. The SMILES string of the molecule is CN1CCN(S(=O)(=O)c2cc(C(=O)N[C@@H]3C[C@H]4CC[C@@H]3C4)ccc2Cl)CC1. The van der Waals surface area contributed by atoms with Gasteiger partial charge in [-0.2, -0.15) is 4.31 Å². The fourth-order valence-corrected chi connectivity index (χ4v) is 6.61. The third-order valence-corrected chi connectivity index (χ3v) is 8.71. The summed E-state index contributed by atoms with van der Waals surface area (Å²) in [7, 11) is -1.74. The molecule has 6 nitrogen and oxygen atoms in total. The van der Waals surface area contributed by atoms with Gasteiger partial charge in [-0.1, -0.05) is 18.0 Å². The van der Waals surface area contributed by atoms with E-state index in [0.29, 0.717) is 37.7 Å². The van der Waals surface area contributed by atoms with Crippen molar-refractivity contribution in [1.29, 1.82) is 0 Å². The van der Waals surface area contributed by atoms with Crippen molar-refractivity contribution in [2.24, 2.45) is 11.8 Å². The third-order valence-electron chi connectivity index (χ3n) is 6.33. The van der Waals surface area contributed by atoms with Crippen LogP contribution in [0.4, 0.5) is 0 Å². The molecule has 2 bridgehead atoms. The van der Waals surface area contributed by atoms with E-state index in [4.69, 9.17) is 11.6 Å². The molecule has 2 aliphatic carbocycles. The first kappa shape index (κ1) is 19.2. The Kier molecular flexibility index (Phi) is 5.22. The van der Waals surface area contributed by atoms with E-state index in [-0.39, 0.29) is 21.9 Å². The monoisotopic (exact) mass is 411 g/mol. The number of halogens is 1. The topological polar surface area (TPSA) is 69.7 Å². The summed E-state index contributed by atoms with van der Waals surface area (Å²) >= 11 is 6.21. The summed E-state index contributed by atoms with van der Waals surface area (Å²) in [5.74, 6) is 1.09. The Morgan fingerprint density at radius 1 is 1.15 bits per heavy atom. The maximum absolute atomic E-state index is 13.0. The third kappa shape index (κ3) is 3.75. The molecule has 1 aliphatic heterocycles. The Morgan fingerprint density at radius 2 is 1.89 bits per heavy atom. The number of sulfonamides is 1. The van der Waals surface area contributed by atoms with Gasteiger partial charge >= 0.3 is 0 Å². The zero-order valence-electron chi connectivity index (χ0n) is 15.5. The van der Waals surface area contributed by atoms with E-state index in [1.165, 1.54) is 35.7 Å². The highest BCUT2D eigenvalue weighted by molar-refractivity contribution is 7.89. The minimum Gasteiger partial charge on any atom is -0.349 e. The number of likely N-dealkylation sites (N-methyl/N-ethyl adjacent to an activating group) is 1. The summed E-state index contributed by atoms with van der Waals surface area (Å²) in [6.45, 7) is 2.22. The van der Waals surface area contributed by atoms with E-state index in [2.05, 4.69) is 10.2 Å². The second-order valence-corrected chi connectivity index (χ2v) is 10.4. The van der Waals surface area contributed by atoms with Crippen molar-refractivity contribution >= 4 is 27.5 Å². The van der Waals surface area contributed by atoms with Gasteiger partial charge in [0.1, 0.15) is 4.90 Å². The van der Waals surface area contributed by atoms with Crippen LogP contribution in [0.25, 0.3) is 0 Å². The molecular formula is C19H26ClN3O3S. The zero-order valence-corrected chi connectivity index (χ0v) is 17.1. The van der Waals surface area contributed by atoms with Gasteiger partial charge in [0, 0.05) is 37.8 Å². The van der Waals surface area contributed by atoms with Crippen LogP contribution in [0, 0.1) is 11.8 Å². The number of nitrogens with zero attached hydrogens (tertiary/aromatic N) is 2. The fraction of sp³-hybridized carbons (Fsp3) is 0.632. The zero-order chi connectivity index (χ0) is 19.2. The fourth-order valence-electron chi connectivity index (χ4n) is 4.68. The first-order valence-corrected chi connectivity index (χ1v) is 11.5. The molecule has 1 saturated heterocycles. The van der Waals surface area contributed by atoms with Gasteiger partial charge in [0.05, 0.1) is 5.02 Å². The number of rotatable bonds is 4. The van der Waals surface area contributed by atoms with Gasteiger partial charge in [0.2, 0.25) is 10.0 Å². The molecule has 0 spiro atoms. The van der Waals surface area contributed by atoms with E-state index in [1.807, 2.05) is 7.05 Å². The van der Waals surface area contributed by atoms with Crippen molar-refractivity contribution in [3.63, 3.8) is 0 Å². The number of amides is 1. The lowest BCUT2D eigenvalue weighted by atomic mass is 9.95. The second kappa shape index (κ2) is 7.35. The first-order chi connectivity index (χ1) is 12.8. The average Bonchev–Trinajstić information content (AvgIpc) is 3.25. The number of fused-ring (bicyclic) bond motifs is 2. The van der Waals surface area contributed by atoms with Gasteiger partial charge in [-0.25, -0.2) is 8.42 Å². The molecule has 2 saturated carbocycles. The van der Waals surface area contributed by atoms with Gasteiger partial charge in [-0.05, 0) is 56.3 Å². The number of hydrogen-bond donors (Lipinski definition) is 1. The molecule has 1 aromatic carbocycles. The quantitative estimate of drug-likeness (QED) is 0.824. The van der Waals surface area contributed by atoms with Crippen molar-refractivity contribution < 1.29 is 13.2 Å². The molecule has 4 rings (SSSR count). The molecule has 1 N–H and O–H groups in total. The largest absolute Gasteiger partial charge is 0.349 e. The van der Waals surface area contributed by atoms with Gasteiger partial charge < -0.3 is 10.2 Å². The molecular weight excluding hydrogens is 386 g/mol. The Labute approximate surface area is 165 Å². The lowest BCUT2D eigenvalue weighted by Gasteiger charge is -2.31. The van der Waals surface area contributed by atoms with Crippen molar-refractivity contribution in [2.75, 3.05) is 33.2 Å². The molecule has 1 heterocycles. The Hall–Kier alpha value is -1.15. The molecule has 3 aliphatic rings. The molecule has 1 amide bonds. The maximum atomic E-state index is 13.0. The van der Waals surface area contributed by atoms with Crippen molar-refractivity contribution in [3.8, 4) is 0 Å². The highest BCUT2D eigenvalue weighted by Crippen LogP contribution is 2.44. The number of hydrogen-bond acceptors (Lipinski definition) is 4. The predicted octanol–water partition coefficient (Wildman–Crippen LogP) is 2.19. The van der Waals surface area contributed by atoms with Crippen molar-refractivity contribution in [1.82, 2.24) is 14.5 Å². The summed E-state index contributed by atoms with van der Waals surface area (Å²) in [4.78, 5) is 14.8. The van der Waals surface area contributed by atoms with Gasteiger partial charge in [0.15, 0.2) is 0 Å². The van der Waals surface area contributed by atoms with Crippen LogP contribution in [0.5, 0.6) is 0 Å². The molecule has 3 fully saturated rings. The van der Waals surface area contributed by atoms with Crippen LogP contribution in [-0.4, -0.2) is 62.8 Å². The number of piperazine rings is 1. The molecule has 8 heteroatoms. The Morgan fingerprint density at radius 3 is 2.52 bits per heavy atom. The average molecular weight is 412 g/mol. The van der Waals surface area contributed by atoms with E-state index < -0.39 is 10.0 Å². The number of benzene rings is 1. The lowest BCUT2D eigenvalue weighted by Crippen LogP contribution is -2.47. The van der Waals surface area contributed by atoms with E-state index in [0.717, 1.165) is 12.3 Å². The highest BCUT2D eigenvalue weighted by Gasteiger charge is 2.40. The van der Waals surface area contributed by atoms with Crippen LogP contribution in [0.2, 0.25) is 5.02 Å². The van der Waals surface area contributed by atoms with E-state index in [9.17, 15) is 13.2 Å². The van der Waals surface area contributed by atoms with Crippen LogP contribution in [-0.2, 0) is 10.0 Å². The Balaban J connectivity index is 1.53. The van der Waals surface area contributed by atoms with Gasteiger partial charge in [0.25, 0.3) is 5.91 Å². The van der Waals surface area contributed by atoms with Crippen LogP contribution in [0.3, 0.4) is 0 Å². The van der Waals surface area contributed by atoms with Crippen molar-refractivity contribution in [3.05, 3.63) is 28.8 Å². The minimum absolute atomic E-state index is 0.0225. The lowest BCUT2D eigenvalue weighted by molar-refractivity contribution is 0.0922. The summed E-state index contributed by atoms with van der Waals surface area (Å²) in [5, 5.41) is 3.27. The van der Waals surface area contributed by atoms with Gasteiger partial charge in [-0.3, -0.25) is 4.79 Å². The summed E-state index contributed by atoms with van der Waals surface area (Å²) < 4.78 is 27.5. The molecule has 148 valence electrons. The van der Waals surface area contributed by atoms with Crippen LogP contribution < -0.4 is 5.32 Å². The minimum atomic E-state index is -3.71. The van der Waals surface area contributed by atoms with Crippen molar-refractivity contribution in [2.45, 2.75) is 36.6 Å². The second-order valence-electron chi connectivity index (χ2n) is 8.11. The Bertz CT molecular complexity index is 837. The highest BCUT2D eigenvalue weighted by atomic mass is 35.5. The van der Waals surface area contributed by atoms with E-state index in [1.54, 1.807) is 6.07 Å². The molecule has 0 unspecified atom stereocenters. The predicted molar refractivity (Wildman–Crippen MR) is 104 cm³/mol. The van der Waals surface area contributed by atoms with Crippen LogP contribution in [0.1, 0.15) is 36.0 Å². The molecule has 0 radical (unpaired) electrons. The molecule has 0 aromatic heterocycles. The maximum Gasteiger partial charge on any atom is 0.251 e. The molecule has 27 heavy (non-hydrogen) atoms. The van der Waals surface area contributed by atoms with Crippen LogP contribution in [0.15, 0.2) is 23.1 Å². The van der Waals surface area contributed by atoms with Crippen LogP contribution >= 0.6 is 11.6 Å². The number of carbonyl (C=O) groups is 1. The molecule has 3 atom stereocenters. The summed E-state index contributed by atoms with van der Waals surface area (Å²) in [6, 6.07) is 4.76. The standard InChI is InChI=1S/C19H26ClN3O3S/c1-22-6-8-23(9-7-22)27(25,26)18-12-15(4-5-16(18)20)19(24)21-17-11-13-2-3-14(17)10-13/h4-5,12-14,17H,2-3,6-11H2,1H3,(H,21,24)/t13-,14+,17+/m0/s1. The van der Waals surface area contributed by atoms with Gasteiger partial charge in [-0.15, -0.1) is 0 Å². The summed E-state index contributed by atoms with van der Waals surface area (Å²) in [5.41, 5.74) is 0.356. The number of carbonyl (C=O) groups excluding carboxylic acids is 1.